The second kappa shape index (κ2) is 4.89. The van der Waals surface area contributed by atoms with Crippen molar-refractivity contribution in [3.8, 4) is 11.8 Å². The molecule has 2 aromatic carbocycles. The van der Waals surface area contributed by atoms with Crippen molar-refractivity contribution in [1.29, 1.82) is 0 Å². The monoisotopic (exact) mass is 316 g/mol. The normalized spacial score (nSPS) is 14.5. The molecular formula is C18H8N2O4. The van der Waals surface area contributed by atoms with Crippen molar-refractivity contribution in [3.05, 3.63) is 69.8 Å². The van der Waals surface area contributed by atoms with Crippen LogP contribution in [-0.4, -0.2) is 23.6 Å². The Kier molecular flexibility index (Phi) is 2.84. The van der Waals surface area contributed by atoms with Crippen LogP contribution in [0.4, 0.5) is 0 Å². The Balaban J connectivity index is 1.69. The lowest BCUT2D eigenvalue weighted by molar-refractivity contribution is 0.0863. The molecule has 2 heterocycles. The molecular weight excluding hydrogens is 308 g/mol. The van der Waals surface area contributed by atoms with Gasteiger partial charge in [0.1, 0.15) is 0 Å². The molecule has 4 amide bonds. The highest BCUT2D eigenvalue weighted by molar-refractivity contribution is 6.22. The zero-order valence-electron chi connectivity index (χ0n) is 12.1. The average Bonchev–Trinajstić information content (AvgIpc) is 3.02. The largest absolute Gasteiger partial charge is 0.288 e. The molecule has 6 nitrogen and oxygen atoms in total. The summed E-state index contributed by atoms with van der Waals surface area (Å²) in [5, 5.41) is 4.44. The lowest BCUT2D eigenvalue weighted by Crippen LogP contribution is -2.19. The third-order valence-electron chi connectivity index (χ3n) is 3.82. The summed E-state index contributed by atoms with van der Waals surface area (Å²) < 4.78 is 0. The molecule has 0 aliphatic carbocycles. The summed E-state index contributed by atoms with van der Waals surface area (Å²) in [6, 6.07) is 9.49. The summed E-state index contributed by atoms with van der Waals surface area (Å²) in [5.41, 5.74) is 2.40. The van der Waals surface area contributed by atoms with Crippen LogP contribution in [0.5, 0.6) is 0 Å². The van der Waals surface area contributed by atoms with E-state index in [0.29, 0.717) is 33.4 Å². The number of amides is 4. The Morgan fingerprint density at radius 2 is 0.917 bits per heavy atom. The number of fused-ring (bicyclic) bond motifs is 2. The van der Waals surface area contributed by atoms with Gasteiger partial charge in [-0.3, -0.25) is 29.8 Å². The van der Waals surface area contributed by atoms with Crippen LogP contribution in [0.3, 0.4) is 0 Å². The Labute approximate surface area is 135 Å². The second-order valence-corrected chi connectivity index (χ2v) is 5.34. The maximum absolute atomic E-state index is 11.6. The molecule has 0 saturated carbocycles. The predicted molar refractivity (Wildman–Crippen MR) is 82.5 cm³/mol. The summed E-state index contributed by atoms with van der Waals surface area (Å²) in [5.74, 6) is 4.07. The molecule has 0 spiro atoms. The highest BCUT2D eigenvalue weighted by atomic mass is 16.2. The van der Waals surface area contributed by atoms with Crippen LogP contribution in [0.25, 0.3) is 0 Å². The lowest BCUT2D eigenvalue weighted by atomic mass is 10.0. The fourth-order valence-electron chi connectivity index (χ4n) is 2.64. The molecule has 2 aliphatic rings. The molecule has 0 unspecified atom stereocenters. The van der Waals surface area contributed by atoms with Crippen molar-refractivity contribution in [3.63, 3.8) is 0 Å². The van der Waals surface area contributed by atoms with Gasteiger partial charge in [-0.15, -0.1) is 0 Å². The van der Waals surface area contributed by atoms with E-state index in [1.165, 1.54) is 0 Å². The van der Waals surface area contributed by atoms with Gasteiger partial charge < -0.3 is 0 Å². The number of carbonyl (C=O) groups is 4. The highest BCUT2D eigenvalue weighted by Crippen LogP contribution is 2.18. The zero-order valence-corrected chi connectivity index (χ0v) is 12.1. The van der Waals surface area contributed by atoms with Crippen LogP contribution in [0, 0.1) is 11.8 Å². The quantitative estimate of drug-likeness (QED) is 0.557. The summed E-state index contributed by atoms with van der Waals surface area (Å²) in [7, 11) is 0. The smallest absolute Gasteiger partial charge is 0.258 e. The third kappa shape index (κ3) is 2.08. The van der Waals surface area contributed by atoms with E-state index in [4.69, 9.17) is 0 Å². The first kappa shape index (κ1) is 13.9. The molecule has 0 fully saturated rings. The Bertz CT molecular complexity index is 959. The average molecular weight is 316 g/mol. The molecule has 4 rings (SSSR count). The van der Waals surface area contributed by atoms with Gasteiger partial charge in [-0.05, 0) is 36.4 Å². The van der Waals surface area contributed by atoms with Crippen LogP contribution in [0.1, 0.15) is 52.6 Å². The molecule has 2 aliphatic heterocycles. The molecule has 114 valence electrons. The van der Waals surface area contributed by atoms with Crippen molar-refractivity contribution in [2.75, 3.05) is 0 Å². The topological polar surface area (TPSA) is 92.3 Å². The first-order chi connectivity index (χ1) is 11.5. The van der Waals surface area contributed by atoms with Crippen LogP contribution >= 0.6 is 0 Å². The van der Waals surface area contributed by atoms with Crippen molar-refractivity contribution in [1.82, 2.24) is 10.6 Å². The van der Waals surface area contributed by atoms with Crippen molar-refractivity contribution in [2.24, 2.45) is 0 Å². The first-order valence-electron chi connectivity index (χ1n) is 7.04. The lowest BCUT2D eigenvalue weighted by Gasteiger charge is -1.96. The maximum atomic E-state index is 11.6. The fourth-order valence-corrected chi connectivity index (χ4v) is 2.64. The second-order valence-electron chi connectivity index (χ2n) is 5.34. The number of rotatable bonds is 0. The molecule has 0 atom stereocenters. The molecule has 0 bridgehead atoms. The third-order valence-corrected chi connectivity index (χ3v) is 3.82. The van der Waals surface area contributed by atoms with Gasteiger partial charge in [0.25, 0.3) is 23.6 Å². The Morgan fingerprint density at radius 3 is 1.33 bits per heavy atom. The van der Waals surface area contributed by atoms with Crippen molar-refractivity contribution < 1.29 is 19.2 Å². The van der Waals surface area contributed by atoms with Gasteiger partial charge in [-0.1, -0.05) is 11.8 Å². The van der Waals surface area contributed by atoms with E-state index >= 15 is 0 Å². The van der Waals surface area contributed by atoms with E-state index in [1.54, 1.807) is 36.4 Å². The number of hydrogen-bond donors (Lipinski definition) is 2. The molecule has 0 radical (unpaired) electrons. The molecule has 2 N–H and O–H groups in total. The summed E-state index contributed by atoms with van der Waals surface area (Å²) in [4.78, 5) is 46.3. The molecule has 0 saturated heterocycles. The standard InChI is InChI=1S/C18H8N2O4/c21-15-11-5-3-9(7-13(11)17(23)19-15)1-2-10-4-6-12-14(8-10)18(24)20-16(12)22/h3-8H,(H,19,21,23)(H,20,22,24). The van der Waals surface area contributed by atoms with E-state index in [2.05, 4.69) is 22.5 Å². The molecule has 24 heavy (non-hydrogen) atoms. The van der Waals surface area contributed by atoms with Crippen LogP contribution in [-0.2, 0) is 0 Å². The van der Waals surface area contributed by atoms with Gasteiger partial charge in [0, 0.05) is 11.1 Å². The van der Waals surface area contributed by atoms with Gasteiger partial charge in [0.2, 0.25) is 0 Å². The fraction of sp³-hybridized carbons (Fsp3) is 0. The minimum absolute atomic E-state index is 0.297. The Morgan fingerprint density at radius 1 is 0.542 bits per heavy atom. The molecule has 6 heteroatoms. The highest BCUT2D eigenvalue weighted by Gasteiger charge is 2.27. The van der Waals surface area contributed by atoms with Gasteiger partial charge >= 0.3 is 0 Å². The summed E-state index contributed by atoms with van der Waals surface area (Å²) >= 11 is 0. The van der Waals surface area contributed by atoms with E-state index in [0.717, 1.165) is 0 Å². The minimum Gasteiger partial charge on any atom is -0.288 e. The SMILES string of the molecule is O=C1NC(=O)c2cc(C#Cc3ccc4c(c3)C(=O)NC4=O)ccc21. The van der Waals surface area contributed by atoms with Gasteiger partial charge in [0.05, 0.1) is 22.3 Å². The number of imide groups is 2. The van der Waals surface area contributed by atoms with Crippen LogP contribution in [0.15, 0.2) is 36.4 Å². The van der Waals surface area contributed by atoms with Gasteiger partial charge in [-0.25, -0.2) is 0 Å². The van der Waals surface area contributed by atoms with Gasteiger partial charge in [-0.2, -0.15) is 0 Å². The van der Waals surface area contributed by atoms with E-state index < -0.39 is 23.6 Å². The summed E-state index contributed by atoms with van der Waals surface area (Å²) in [6.45, 7) is 0. The summed E-state index contributed by atoms with van der Waals surface area (Å²) in [6.07, 6.45) is 0. The predicted octanol–water partition coefficient (Wildman–Crippen LogP) is 0.854. The van der Waals surface area contributed by atoms with Crippen LogP contribution < -0.4 is 10.6 Å². The van der Waals surface area contributed by atoms with E-state index in [1.807, 2.05) is 0 Å². The number of carbonyl (C=O) groups excluding carboxylic acids is 4. The number of nitrogens with one attached hydrogen (secondary N) is 2. The Hall–Kier alpha value is -3.72. The zero-order chi connectivity index (χ0) is 16.8. The number of benzene rings is 2. The van der Waals surface area contributed by atoms with Crippen molar-refractivity contribution >= 4 is 23.6 Å². The van der Waals surface area contributed by atoms with Gasteiger partial charge in [0.15, 0.2) is 0 Å². The maximum Gasteiger partial charge on any atom is 0.258 e. The van der Waals surface area contributed by atoms with E-state index in [-0.39, 0.29) is 0 Å². The molecule has 2 aromatic rings. The van der Waals surface area contributed by atoms with Crippen LogP contribution in [0.2, 0.25) is 0 Å². The minimum atomic E-state index is -0.439. The molecule has 0 aromatic heterocycles. The first-order valence-corrected chi connectivity index (χ1v) is 7.04. The van der Waals surface area contributed by atoms with Crippen molar-refractivity contribution in [2.45, 2.75) is 0 Å². The van der Waals surface area contributed by atoms with E-state index in [9.17, 15) is 19.2 Å². The number of hydrogen-bond acceptors (Lipinski definition) is 4.